The van der Waals surface area contributed by atoms with Crippen LogP contribution in [0.5, 0.6) is 0 Å². The predicted octanol–water partition coefficient (Wildman–Crippen LogP) is 2.71. The molecule has 2 heterocycles. The van der Waals surface area contributed by atoms with E-state index in [0.717, 1.165) is 24.0 Å². The van der Waals surface area contributed by atoms with E-state index in [1.165, 1.54) is 24.8 Å². The van der Waals surface area contributed by atoms with Crippen molar-refractivity contribution in [2.24, 2.45) is 5.73 Å². The normalized spacial score (nSPS) is 23.2. The second kappa shape index (κ2) is 5.30. The minimum Gasteiger partial charge on any atom is -0.329 e. The summed E-state index contributed by atoms with van der Waals surface area (Å²) in [6, 6.07) is 2.67. The van der Waals surface area contributed by atoms with E-state index < -0.39 is 0 Å². The maximum atomic E-state index is 6.11. The van der Waals surface area contributed by atoms with Gasteiger partial charge in [0, 0.05) is 19.1 Å². The molecule has 15 heavy (non-hydrogen) atoms. The van der Waals surface area contributed by atoms with Gasteiger partial charge in [0.05, 0.1) is 4.34 Å². The molecule has 0 saturated carbocycles. The average molecular weight is 245 g/mol. The second-order valence-corrected chi connectivity index (χ2v) is 5.59. The molecule has 1 saturated heterocycles. The summed E-state index contributed by atoms with van der Waals surface area (Å²) in [7, 11) is 0. The van der Waals surface area contributed by atoms with Crippen molar-refractivity contribution < 1.29 is 0 Å². The molecular formula is C11H17ClN2S. The van der Waals surface area contributed by atoms with Crippen molar-refractivity contribution in [3.05, 3.63) is 21.3 Å². The first-order chi connectivity index (χ1) is 7.31. The van der Waals surface area contributed by atoms with Crippen LogP contribution in [0.3, 0.4) is 0 Å². The summed E-state index contributed by atoms with van der Waals surface area (Å²) in [5.74, 6) is 0. The molecule has 1 aromatic heterocycles. The van der Waals surface area contributed by atoms with Gasteiger partial charge >= 0.3 is 0 Å². The molecule has 0 amide bonds. The smallest absolute Gasteiger partial charge is 0.0973 e. The van der Waals surface area contributed by atoms with Gasteiger partial charge in [0.25, 0.3) is 0 Å². The van der Waals surface area contributed by atoms with Crippen LogP contribution in [0.4, 0.5) is 0 Å². The number of nitrogens with zero attached hydrogens (tertiary/aromatic N) is 1. The Hall–Kier alpha value is -0.0900. The van der Waals surface area contributed by atoms with E-state index in [-0.39, 0.29) is 0 Å². The van der Waals surface area contributed by atoms with Crippen LogP contribution in [0.2, 0.25) is 4.34 Å². The standard InChI is InChI=1S/C11H17ClN2S/c12-11-9(4-6-15-11)8-14-5-2-1-3-10(14)7-13/h4,6,10H,1-3,5,7-8,13H2. The highest BCUT2D eigenvalue weighted by Gasteiger charge is 2.21. The molecule has 84 valence electrons. The van der Waals surface area contributed by atoms with Crippen molar-refractivity contribution in [1.82, 2.24) is 4.90 Å². The summed E-state index contributed by atoms with van der Waals surface area (Å²) in [6.45, 7) is 2.89. The van der Waals surface area contributed by atoms with Crippen molar-refractivity contribution in [2.75, 3.05) is 13.1 Å². The molecule has 1 aliphatic heterocycles. The molecule has 1 atom stereocenters. The van der Waals surface area contributed by atoms with Crippen molar-refractivity contribution in [3.63, 3.8) is 0 Å². The number of piperidine rings is 1. The Morgan fingerprint density at radius 3 is 3.07 bits per heavy atom. The lowest BCUT2D eigenvalue weighted by atomic mass is 10.0. The zero-order valence-corrected chi connectivity index (χ0v) is 10.4. The van der Waals surface area contributed by atoms with Gasteiger partial charge in [0.15, 0.2) is 0 Å². The van der Waals surface area contributed by atoms with E-state index in [2.05, 4.69) is 16.3 Å². The van der Waals surface area contributed by atoms with E-state index in [1.807, 2.05) is 0 Å². The maximum absolute atomic E-state index is 6.11. The SMILES string of the molecule is NCC1CCCCN1Cc1ccsc1Cl. The monoisotopic (exact) mass is 244 g/mol. The fourth-order valence-electron chi connectivity index (χ4n) is 2.19. The third-order valence-corrected chi connectivity index (χ3v) is 4.34. The highest BCUT2D eigenvalue weighted by atomic mass is 35.5. The van der Waals surface area contributed by atoms with E-state index >= 15 is 0 Å². The summed E-state index contributed by atoms with van der Waals surface area (Å²) < 4.78 is 0.927. The zero-order chi connectivity index (χ0) is 10.7. The van der Waals surface area contributed by atoms with Gasteiger partial charge in [0.1, 0.15) is 0 Å². The quantitative estimate of drug-likeness (QED) is 0.886. The number of likely N-dealkylation sites (tertiary alicyclic amines) is 1. The Labute approximate surface area is 100 Å². The summed E-state index contributed by atoms with van der Waals surface area (Å²) in [5.41, 5.74) is 7.04. The van der Waals surface area contributed by atoms with E-state index in [0.29, 0.717) is 6.04 Å². The lowest BCUT2D eigenvalue weighted by molar-refractivity contribution is 0.145. The van der Waals surface area contributed by atoms with Crippen LogP contribution >= 0.6 is 22.9 Å². The molecule has 2 nitrogen and oxygen atoms in total. The van der Waals surface area contributed by atoms with Crippen LogP contribution in [0.15, 0.2) is 11.4 Å². The minimum absolute atomic E-state index is 0.551. The average Bonchev–Trinajstić information content (AvgIpc) is 2.65. The van der Waals surface area contributed by atoms with Crippen LogP contribution in [-0.4, -0.2) is 24.0 Å². The molecule has 0 radical (unpaired) electrons. The number of hydrogen-bond acceptors (Lipinski definition) is 3. The van der Waals surface area contributed by atoms with E-state index in [1.54, 1.807) is 11.3 Å². The van der Waals surface area contributed by atoms with Gasteiger partial charge in [-0.3, -0.25) is 4.90 Å². The van der Waals surface area contributed by atoms with E-state index in [9.17, 15) is 0 Å². The van der Waals surface area contributed by atoms with Crippen LogP contribution in [-0.2, 0) is 6.54 Å². The fraction of sp³-hybridized carbons (Fsp3) is 0.636. The van der Waals surface area contributed by atoms with Gasteiger partial charge in [-0.1, -0.05) is 18.0 Å². The Kier molecular flexibility index (Phi) is 4.03. The molecule has 0 bridgehead atoms. The van der Waals surface area contributed by atoms with E-state index in [4.69, 9.17) is 17.3 Å². The molecule has 4 heteroatoms. The molecule has 2 rings (SSSR count). The molecule has 0 aromatic carbocycles. The summed E-state index contributed by atoms with van der Waals surface area (Å²) in [6.07, 6.45) is 3.84. The van der Waals surface area contributed by atoms with Crippen LogP contribution in [0, 0.1) is 0 Å². The highest BCUT2D eigenvalue weighted by Crippen LogP contribution is 2.26. The first-order valence-electron chi connectivity index (χ1n) is 5.47. The third-order valence-electron chi connectivity index (χ3n) is 3.09. The Balaban J connectivity index is 2.00. The van der Waals surface area contributed by atoms with Gasteiger partial charge in [-0.2, -0.15) is 0 Å². The first kappa shape index (κ1) is 11.4. The predicted molar refractivity (Wildman–Crippen MR) is 66.4 cm³/mol. The number of rotatable bonds is 3. The Bertz CT molecular complexity index is 313. The van der Waals surface area contributed by atoms with Gasteiger partial charge in [-0.15, -0.1) is 11.3 Å². The Morgan fingerprint density at radius 2 is 2.40 bits per heavy atom. The minimum atomic E-state index is 0.551. The van der Waals surface area contributed by atoms with Gasteiger partial charge in [0.2, 0.25) is 0 Å². The summed E-state index contributed by atoms with van der Waals surface area (Å²) in [5, 5.41) is 2.05. The topological polar surface area (TPSA) is 29.3 Å². The Morgan fingerprint density at radius 1 is 1.53 bits per heavy atom. The molecule has 1 unspecified atom stereocenters. The summed E-state index contributed by atoms with van der Waals surface area (Å²) in [4.78, 5) is 2.47. The van der Waals surface area contributed by atoms with Crippen LogP contribution in [0.1, 0.15) is 24.8 Å². The molecule has 2 N–H and O–H groups in total. The lowest BCUT2D eigenvalue weighted by Crippen LogP contribution is -2.43. The summed E-state index contributed by atoms with van der Waals surface area (Å²) >= 11 is 7.72. The number of nitrogens with two attached hydrogens (primary N) is 1. The third kappa shape index (κ3) is 2.72. The number of halogens is 1. The van der Waals surface area contributed by atoms with Crippen molar-refractivity contribution >= 4 is 22.9 Å². The fourth-order valence-corrected chi connectivity index (χ4v) is 3.10. The zero-order valence-electron chi connectivity index (χ0n) is 8.79. The number of hydrogen-bond donors (Lipinski definition) is 1. The van der Waals surface area contributed by atoms with Gasteiger partial charge in [-0.05, 0) is 36.4 Å². The second-order valence-electron chi connectivity index (χ2n) is 4.08. The molecule has 0 aliphatic carbocycles. The van der Waals surface area contributed by atoms with Crippen molar-refractivity contribution in [2.45, 2.75) is 31.8 Å². The molecular weight excluding hydrogens is 228 g/mol. The van der Waals surface area contributed by atoms with Crippen molar-refractivity contribution in [3.8, 4) is 0 Å². The largest absolute Gasteiger partial charge is 0.329 e. The van der Waals surface area contributed by atoms with Crippen LogP contribution in [0.25, 0.3) is 0 Å². The number of thiophene rings is 1. The van der Waals surface area contributed by atoms with Crippen LogP contribution < -0.4 is 5.73 Å². The molecule has 1 fully saturated rings. The van der Waals surface area contributed by atoms with Gasteiger partial charge in [-0.25, -0.2) is 0 Å². The lowest BCUT2D eigenvalue weighted by Gasteiger charge is -2.34. The highest BCUT2D eigenvalue weighted by molar-refractivity contribution is 7.14. The van der Waals surface area contributed by atoms with Crippen molar-refractivity contribution in [1.29, 1.82) is 0 Å². The first-order valence-corrected chi connectivity index (χ1v) is 6.73. The molecule has 1 aromatic rings. The molecule has 1 aliphatic rings. The molecule has 0 spiro atoms. The maximum Gasteiger partial charge on any atom is 0.0973 e. The van der Waals surface area contributed by atoms with Gasteiger partial charge < -0.3 is 5.73 Å².